The second kappa shape index (κ2) is 17.2. The predicted molar refractivity (Wildman–Crippen MR) is 129 cm³/mol. The third-order valence-electron chi connectivity index (χ3n) is 3.07. The number of phenolic OH excluding ortho intramolecular Hbond substituents is 3. The zero-order valence-electron chi connectivity index (χ0n) is 17.5. The van der Waals surface area contributed by atoms with Gasteiger partial charge < -0.3 is 30.0 Å². The summed E-state index contributed by atoms with van der Waals surface area (Å²) in [6.07, 6.45) is 4.19. The molecule has 3 rings (SSSR count). The van der Waals surface area contributed by atoms with Crippen molar-refractivity contribution >= 4 is 53.8 Å². The van der Waals surface area contributed by atoms with Crippen LogP contribution in [0.2, 0.25) is 0 Å². The van der Waals surface area contributed by atoms with Crippen LogP contribution in [-0.2, 0) is 26.2 Å². The maximum absolute atomic E-state index is 9.71. The average Bonchev–Trinajstić information content (AvgIpc) is 2.79. The largest absolute Gasteiger partial charge is 0.508 e. The molecule has 0 spiro atoms. The summed E-state index contributed by atoms with van der Waals surface area (Å²) >= 11 is 3.60. The molecule has 6 N–H and O–H groups in total. The van der Waals surface area contributed by atoms with E-state index in [1.165, 1.54) is 91.0 Å². The summed E-state index contributed by atoms with van der Waals surface area (Å²) in [5.74, 6) is 0.472. The van der Waals surface area contributed by atoms with E-state index < -0.39 is 6.72 Å². The van der Waals surface area contributed by atoms with Gasteiger partial charge in [-0.2, -0.15) is 15.0 Å². The van der Waals surface area contributed by atoms with E-state index >= 15 is 0 Å². The molecule has 0 unspecified atom stereocenters. The van der Waals surface area contributed by atoms with Crippen LogP contribution in [-0.4, -0.2) is 48.2 Å². The molecule has 3 aromatic carbocycles. The van der Waals surface area contributed by atoms with Crippen LogP contribution in [0.25, 0.3) is 0 Å². The Labute approximate surface area is 203 Å². The Balaban J connectivity index is 0.000000453. The molecule has 0 aliphatic heterocycles. The molecule has 0 saturated heterocycles. The van der Waals surface area contributed by atoms with Gasteiger partial charge in [0.1, 0.15) is 17.2 Å². The van der Waals surface area contributed by atoms with Gasteiger partial charge in [-0.1, -0.05) is 0 Å². The van der Waals surface area contributed by atoms with Gasteiger partial charge in [-0.15, -0.1) is 0 Å². The highest BCUT2D eigenvalue weighted by Gasteiger charge is 1.92. The SMILES string of the molecule is O=C=Nc1ccc(O)cc1.O=C=Nc1ccc(O)cc1.O=C=Nc1ccc(O)cc1.OP(O)(O)=S. The normalized spacial score (nSPS) is 8.89. The van der Waals surface area contributed by atoms with Crippen LogP contribution in [0.3, 0.4) is 0 Å². The van der Waals surface area contributed by atoms with Gasteiger partial charge >= 0.3 is 6.72 Å². The lowest BCUT2D eigenvalue weighted by Gasteiger charge is -1.89. The van der Waals surface area contributed by atoms with Crippen LogP contribution in [0, 0.1) is 0 Å². The van der Waals surface area contributed by atoms with E-state index in [9.17, 15) is 14.4 Å². The number of carbonyl (C=O) groups excluding carboxylic acids is 3. The molecule has 3 aromatic rings. The maximum Gasteiger partial charge on any atom is 0.319 e. The topological polar surface area (TPSA) is 210 Å². The molecule has 0 radical (unpaired) electrons. The van der Waals surface area contributed by atoms with Gasteiger partial charge in [-0.05, 0) is 84.6 Å². The highest BCUT2D eigenvalue weighted by atomic mass is 32.5. The minimum atomic E-state index is -3.81. The van der Waals surface area contributed by atoms with Gasteiger partial charge in [-0.3, -0.25) is 0 Å². The first-order valence-electron chi connectivity index (χ1n) is 8.87. The van der Waals surface area contributed by atoms with Crippen molar-refractivity contribution in [3.05, 3.63) is 72.8 Å². The molecular weight excluding hydrogens is 501 g/mol. The average molecular weight is 519 g/mol. The van der Waals surface area contributed by atoms with Crippen molar-refractivity contribution in [1.29, 1.82) is 0 Å². The fourth-order valence-electron chi connectivity index (χ4n) is 1.74. The van der Waals surface area contributed by atoms with Crippen LogP contribution in [0.1, 0.15) is 0 Å². The number of rotatable bonds is 3. The summed E-state index contributed by atoms with van der Waals surface area (Å²) in [6.45, 7) is -3.81. The smallest absolute Gasteiger partial charge is 0.319 e. The third-order valence-corrected chi connectivity index (χ3v) is 3.07. The molecular formula is C21H18N3O9PS. The molecule has 0 aliphatic carbocycles. The number of aliphatic imine (C=N–C) groups is 3. The molecule has 0 amide bonds. The molecule has 35 heavy (non-hydrogen) atoms. The number of nitrogens with zero attached hydrogens (tertiary/aromatic N) is 3. The van der Waals surface area contributed by atoms with Gasteiger partial charge in [-0.25, -0.2) is 14.4 Å². The molecule has 182 valence electrons. The number of hydrogen-bond acceptors (Lipinski definition) is 10. The van der Waals surface area contributed by atoms with Gasteiger partial charge in [0.05, 0.1) is 17.1 Å². The highest BCUT2D eigenvalue weighted by molar-refractivity contribution is 8.06. The van der Waals surface area contributed by atoms with Crippen molar-refractivity contribution in [1.82, 2.24) is 0 Å². The number of isocyanates is 3. The van der Waals surface area contributed by atoms with Crippen molar-refractivity contribution in [2.24, 2.45) is 15.0 Å². The molecule has 0 saturated carbocycles. The Morgan fingerprint density at radius 2 is 0.686 bits per heavy atom. The molecule has 12 nitrogen and oxygen atoms in total. The van der Waals surface area contributed by atoms with E-state index in [2.05, 4.69) is 26.8 Å². The molecule has 0 heterocycles. The maximum atomic E-state index is 9.71. The molecule has 0 bridgehead atoms. The number of benzene rings is 3. The van der Waals surface area contributed by atoms with Crippen LogP contribution in [0.4, 0.5) is 17.1 Å². The standard InChI is InChI=1S/3C7H5NO2.H3O3PS/c3*9-5-8-6-1-3-7(10)4-2-6;1-4(2,3)5/h3*1-4,10H;(H3,1,2,3,5). The minimum absolute atomic E-state index is 0.157. The lowest BCUT2D eigenvalue weighted by atomic mass is 10.3. The molecule has 0 aliphatic rings. The second-order valence-corrected chi connectivity index (χ2v) is 8.17. The fraction of sp³-hybridized carbons (Fsp3) is 0. The van der Waals surface area contributed by atoms with Gasteiger partial charge in [0, 0.05) is 0 Å². The third kappa shape index (κ3) is 19.0. The Hall–Kier alpha value is -4.27. The van der Waals surface area contributed by atoms with E-state index in [1.807, 2.05) is 0 Å². The summed E-state index contributed by atoms with van der Waals surface area (Å²) in [7, 11) is 0. The Morgan fingerprint density at radius 3 is 0.829 bits per heavy atom. The van der Waals surface area contributed by atoms with Crippen LogP contribution in [0.5, 0.6) is 17.2 Å². The first-order chi connectivity index (χ1) is 16.5. The van der Waals surface area contributed by atoms with E-state index in [4.69, 9.17) is 30.0 Å². The van der Waals surface area contributed by atoms with Crippen LogP contribution in [0.15, 0.2) is 87.8 Å². The van der Waals surface area contributed by atoms with E-state index in [0.29, 0.717) is 17.1 Å². The Kier molecular flexibility index (Phi) is 15.1. The van der Waals surface area contributed by atoms with E-state index in [0.717, 1.165) is 0 Å². The first kappa shape index (κ1) is 30.7. The number of phenols is 3. The molecule has 0 atom stereocenters. The van der Waals surface area contributed by atoms with E-state index in [1.54, 1.807) is 0 Å². The summed E-state index contributed by atoms with van der Waals surface area (Å²) in [6, 6.07) is 17.9. The summed E-state index contributed by atoms with van der Waals surface area (Å²) in [4.78, 5) is 61.8. The predicted octanol–water partition coefficient (Wildman–Crippen LogP) is 3.27. The zero-order chi connectivity index (χ0) is 26.7. The van der Waals surface area contributed by atoms with Crippen molar-refractivity contribution in [2.75, 3.05) is 0 Å². The highest BCUT2D eigenvalue weighted by Crippen LogP contribution is 2.26. The van der Waals surface area contributed by atoms with Gasteiger partial charge in [0.25, 0.3) is 0 Å². The van der Waals surface area contributed by atoms with Crippen LogP contribution >= 0.6 is 6.72 Å². The van der Waals surface area contributed by atoms with Gasteiger partial charge in [0.2, 0.25) is 18.2 Å². The van der Waals surface area contributed by atoms with Gasteiger partial charge in [0.15, 0.2) is 0 Å². The van der Waals surface area contributed by atoms with Crippen molar-refractivity contribution in [2.45, 2.75) is 0 Å². The fourth-order valence-corrected chi connectivity index (χ4v) is 1.74. The van der Waals surface area contributed by atoms with E-state index in [-0.39, 0.29) is 17.2 Å². The summed E-state index contributed by atoms with van der Waals surface area (Å²) in [5, 5.41) is 26.4. The lowest BCUT2D eigenvalue weighted by Crippen LogP contribution is -1.65. The minimum Gasteiger partial charge on any atom is -0.508 e. The Bertz CT molecular complexity index is 1080. The number of aromatic hydroxyl groups is 3. The second-order valence-electron chi connectivity index (χ2n) is 5.67. The first-order valence-corrected chi connectivity index (χ1v) is 11.5. The summed E-state index contributed by atoms with van der Waals surface area (Å²) in [5.41, 5.74) is 1.48. The van der Waals surface area contributed by atoms with Crippen molar-refractivity contribution in [3.8, 4) is 17.2 Å². The number of hydrogen-bond donors (Lipinski definition) is 6. The lowest BCUT2D eigenvalue weighted by molar-refractivity contribution is 0.363. The molecule has 0 fully saturated rings. The van der Waals surface area contributed by atoms with Crippen molar-refractivity contribution in [3.63, 3.8) is 0 Å². The quantitative estimate of drug-likeness (QED) is 0.169. The van der Waals surface area contributed by atoms with Crippen LogP contribution < -0.4 is 0 Å². The summed E-state index contributed by atoms with van der Waals surface area (Å²) < 4.78 is 0. The zero-order valence-corrected chi connectivity index (χ0v) is 19.2. The molecule has 0 aromatic heterocycles. The molecule has 14 heteroatoms. The monoisotopic (exact) mass is 519 g/mol. The van der Waals surface area contributed by atoms with Crippen molar-refractivity contribution < 1.29 is 44.4 Å². The Morgan fingerprint density at radius 1 is 0.514 bits per heavy atom.